The van der Waals surface area contributed by atoms with Crippen LogP contribution in [-0.2, 0) is 18.7 Å². The summed E-state index contributed by atoms with van der Waals surface area (Å²) in [7, 11) is -0.132. The Balaban J connectivity index is 2.30. The monoisotopic (exact) mass is 398 g/mol. The number of unbranched alkanes of at least 4 members (excludes halogenated alkanes) is 7. The Morgan fingerprint density at radius 2 is 1.70 bits per heavy atom. The molecule has 0 N–H and O–H groups in total. The van der Waals surface area contributed by atoms with E-state index in [0.29, 0.717) is 6.42 Å². The SMILES string of the molecule is CCCCCCC1=CC(O[Si](C)(C)C)C(CCCCCCCC(=O)OC)O1. The average Bonchev–Trinajstić information content (AvgIpc) is 2.97. The highest BCUT2D eigenvalue weighted by Crippen LogP contribution is 2.30. The van der Waals surface area contributed by atoms with Gasteiger partial charge in [0.25, 0.3) is 0 Å². The lowest BCUT2D eigenvalue weighted by molar-refractivity contribution is -0.140. The van der Waals surface area contributed by atoms with Crippen molar-refractivity contribution < 1.29 is 18.7 Å². The molecule has 0 radical (unpaired) electrons. The van der Waals surface area contributed by atoms with Gasteiger partial charge in [-0.05, 0) is 51.4 Å². The molecule has 1 heterocycles. The van der Waals surface area contributed by atoms with Crippen LogP contribution in [-0.4, -0.2) is 33.6 Å². The quantitative estimate of drug-likeness (QED) is 0.183. The number of methoxy groups -OCH3 is 1. The first-order chi connectivity index (χ1) is 12.9. The summed E-state index contributed by atoms with van der Waals surface area (Å²) in [5.74, 6) is 1.05. The smallest absolute Gasteiger partial charge is 0.305 e. The number of allylic oxidation sites excluding steroid dienone is 1. The molecule has 2 atom stereocenters. The first-order valence-electron chi connectivity index (χ1n) is 11.0. The van der Waals surface area contributed by atoms with Crippen LogP contribution < -0.4 is 0 Å². The maximum Gasteiger partial charge on any atom is 0.305 e. The number of ether oxygens (including phenoxy) is 2. The molecule has 0 bridgehead atoms. The Morgan fingerprint density at radius 3 is 2.37 bits per heavy atom. The molecule has 0 amide bonds. The highest BCUT2D eigenvalue weighted by Gasteiger charge is 2.32. The Labute approximate surface area is 168 Å². The van der Waals surface area contributed by atoms with Crippen molar-refractivity contribution in [3.8, 4) is 0 Å². The van der Waals surface area contributed by atoms with E-state index in [1.165, 1.54) is 45.6 Å². The minimum atomic E-state index is -1.59. The van der Waals surface area contributed by atoms with Crippen molar-refractivity contribution in [2.24, 2.45) is 0 Å². The van der Waals surface area contributed by atoms with Gasteiger partial charge in [0.05, 0.1) is 12.9 Å². The standard InChI is InChI=1S/C22H42O4Si/c1-6-7-8-12-15-19-18-21(26-27(3,4)5)20(25-19)16-13-10-9-11-14-17-22(23)24-2/h18,20-21H,6-17H2,1-5H3. The van der Waals surface area contributed by atoms with Crippen LogP contribution in [0, 0.1) is 0 Å². The molecule has 1 aliphatic heterocycles. The van der Waals surface area contributed by atoms with Gasteiger partial charge in [-0.25, -0.2) is 0 Å². The molecule has 4 nitrogen and oxygen atoms in total. The fourth-order valence-corrected chi connectivity index (χ4v) is 4.48. The van der Waals surface area contributed by atoms with Gasteiger partial charge in [-0.3, -0.25) is 4.79 Å². The van der Waals surface area contributed by atoms with E-state index in [0.717, 1.165) is 37.9 Å². The second-order valence-corrected chi connectivity index (χ2v) is 13.1. The summed E-state index contributed by atoms with van der Waals surface area (Å²) >= 11 is 0. The zero-order chi connectivity index (χ0) is 20.1. The summed E-state index contributed by atoms with van der Waals surface area (Å²) in [4.78, 5) is 11.1. The zero-order valence-electron chi connectivity index (χ0n) is 18.4. The molecule has 158 valence electrons. The molecule has 0 fully saturated rings. The molecular formula is C22H42O4Si. The van der Waals surface area contributed by atoms with Crippen molar-refractivity contribution in [1.82, 2.24) is 0 Å². The van der Waals surface area contributed by atoms with Gasteiger partial charge in [0.2, 0.25) is 0 Å². The molecule has 27 heavy (non-hydrogen) atoms. The van der Waals surface area contributed by atoms with Gasteiger partial charge in [0.1, 0.15) is 12.2 Å². The molecule has 0 aromatic heterocycles. The largest absolute Gasteiger partial charge is 0.492 e. The van der Waals surface area contributed by atoms with Gasteiger partial charge in [-0.15, -0.1) is 0 Å². The highest BCUT2D eigenvalue weighted by molar-refractivity contribution is 6.69. The van der Waals surface area contributed by atoms with E-state index < -0.39 is 8.32 Å². The van der Waals surface area contributed by atoms with Gasteiger partial charge >= 0.3 is 5.97 Å². The minimum absolute atomic E-state index is 0.0989. The lowest BCUT2D eigenvalue weighted by atomic mass is 10.0. The first kappa shape index (κ1) is 24.2. The zero-order valence-corrected chi connectivity index (χ0v) is 19.4. The Bertz CT molecular complexity index is 442. The Kier molecular flexibility index (Phi) is 12.0. The van der Waals surface area contributed by atoms with Gasteiger partial charge in [0.15, 0.2) is 8.32 Å². The van der Waals surface area contributed by atoms with E-state index in [4.69, 9.17) is 9.16 Å². The lowest BCUT2D eigenvalue weighted by Gasteiger charge is -2.26. The number of carbonyl (C=O) groups excluding carboxylic acids is 1. The molecule has 0 spiro atoms. The summed E-state index contributed by atoms with van der Waals surface area (Å²) in [6.45, 7) is 8.99. The molecule has 0 saturated heterocycles. The second kappa shape index (κ2) is 13.4. The maximum absolute atomic E-state index is 11.1. The molecule has 0 aliphatic carbocycles. The maximum atomic E-state index is 11.1. The van der Waals surface area contributed by atoms with Gasteiger partial charge in [-0.1, -0.05) is 45.4 Å². The molecule has 1 rings (SSSR count). The average molecular weight is 399 g/mol. The van der Waals surface area contributed by atoms with E-state index in [9.17, 15) is 4.79 Å². The number of hydrogen-bond donors (Lipinski definition) is 0. The van der Waals surface area contributed by atoms with Crippen LogP contribution in [0.3, 0.4) is 0 Å². The third-order valence-corrected chi connectivity index (χ3v) is 5.86. The predicted molar refractivity (Wildman–Crippen MR) is 114 cm³/mol. The molecule has 2 unspecified atom stereocenters. The third kappa shape index (κ3) is 11.6. The van der Waals surface area contributed by atoms with Crippen molar-refractivity contribution in [1.29, 1.82) is 0 Å². The second-order valence-electron chi connectivity index (χ2n) is 8.68. The Morgan fingerprint density at radius 1 is 1.04 bits per heavy atom. The van der Waals surface area contributed by atoms with Crippen LogP contribution >= 0.6 is 0 Å². The normalized spacial score (nSPS) is 19.7. The van der Waals surface area contributed by atoms with E-state index >= 15 is 0 Å². The fraction of sp³-hybridized carbons (Fsp3) is 0.864. The number of hydrogen-bond acceptors (Lipinski definition) is 4. The van der Waals surface area contributed by atoms with Crippen molar-refractivity contribution in [2.75, 3.05) is 7.11 Å². The first-order valence-corrected chi connectivity index (χ1v) is 14.4. The van der Waals surface area contributed by atoms with Crippen LogP contribution in [0.1, 0.15) is 84.0 Å². The van der Waals surface area contributed by atoms with Crippen molar-refractivity contribution in [2.45, 2.75) is 116 Å². The van der Waals surface area contributed by atoms with E-state index in [1.54, 1.807) is 0 Å². The van der Waals surface area contributed by atoms with Crippen LogP contribution in [0.4, 0.5) is 0 Å². The van der Waals surface area contributed by atoms with Crippen LogP contribution in [0.25, 0.3) is 0 Å². The van der Waals surface area contributed by atoms with Crippen molar-refractivity contribution in [3.05, 3.63) is 11.8 Å². The van der Waals surface area contributed by atoms with Crippen LogP contribution in [0.2, 0.25) is 19.6 Å². The number of esters is 1. The molecule has 0 aromatic carbocycles. The van der Waals surface area contributed by atoms with E-state index in [2.05, 4.69) is 37.4 Å². The Hall–Kier alpha value is -0.813. The fourth-order valence-electron chi connectivity index (χ4n) is 3.45. The molecule has 0 saturated carbocycles. The summed E-state index contributed by atoms with van der Waals surface area (Å²) in [6.07, 6.45) is 15.8. The summed E-state index contributed by atoms with van der Waals surface area (Å²) < 4.78 is 17.3. The third-order valence-electron chi connectivity index (χ3n) is 4.88. The topological polar surface area (TPSA) is 44.8 Å². The van der Waals surface area contributed by atoms with Gasteiger partial charge < -0.3 is 13.9 Å². The number of carbonyl (C=O) groups is 1. The summed E-state index contributed by atoms with van der Waals surface area (Å²) in [6, 6.07) is 0. The van der Waals surface area contributed by atoms with E-state index in [-0.39, 0.29) is 18.2 Å². The summed E-state index contributed by atoms with van der Waals surface area (Å²) in [5, 5.41) is 0. The molecule has 5 heteroatoms. The lowest BCUT2D eigenvalue weighted by Crippen LogP contribution is -2.36. The molecule has 0 aromatic rings. The predicted octanol–water partition coefficient (Wildman–Crippen LogP) is 6.36. The minimum Gasteiger partial charge on any atom is -0.492 e. The number of rotatable bonds is 15. The summed E-state index contributed by atoms with van der Waals surface area (Å²) in [5.41, 5.74) is 0. The molecule has 1 aliphatic rings. The van der Waals surface area contributed by atoms with Crippen LogP contribution in [0.15, 0.2) is 11.8 Å². The van der Waals surface area contributed by atoms with Gasteiger partial charge in [0, 0.05) is 12.8 Å². The van der Waals surface area contributed by atoms with Crippen molar-refractivity contribution in [3.63, 3.8) is 0 Å². The van der Waals surface area contributed by atoms with Crippen LogP contribution in [0.5, 0.6) is 0 Å². The molecular weight excluding hydrogens is 356 g/mol. The van der Waals surface area contributed by atoms with Crippen molar-refractivity contribution >= 4 is 14.3 Å². The van der Waals surface area contributed by atoms with E-state index in [1.807, 2.05) is 0 Å². The highest BCUT2D eigenvalue weighted by atomic mass is 28.4. The van der Waals surface area contributed by atoms with Gasteiger partial charge in [-0.2, -0.15) is 0 Å².